The van der Waals surface area contributed by atoms with E-state index in [4.69, 9.17) is 9.84 Å². The topological polar surface area (TPSA) is 105 Å². The third-order valence-electron chi connectivity index (χ3n) is 2.24. The number of carbonyl (C=O) groups is 1. The molecule has 19 heavy (non-hydrogen) atoms. The van der Waals surface area contributed by atoms with Crippen LogP contribution >= 0.6 is 0 Å². The predicted octanol–water partition coefficient (Wildman–Crippen LogP) is 1.05. The minimum absolute atomic E-state index is 0.0459. The van der Waals surface area contributed by atoms with Gasteiger partial charge >= 0.3 is 5.97 Å². The van der Waals surface area contributed by atoms with Gasteiger partial charge in [-0.2, -0.15) is 13.1 Å². The second kappa shape index (κ2) is 6.39. The summed E-state index contributed by atoms with van der Waals surface area (Å²) in [7, 11) is -2.39. The second-order valence-electron chi connectivity index (χ2n) is 3.72. The summed E-state index contributed by atoms with van der Waals surface area (Å²) < 4.78 is 32.8. The van der Waals surface area contributed by atoms with Crippen molar-refractivity contribution in [2.45, 2.75) is 13.3 Å². The van der Waals surface area contributed by atoms with Gasteiger partial charge in [-0.3, -0.25) is 4.72 Å². The number of hydrogen-bond donors (Lipinski definition) is 3. The zero-order valence-electron chi connectivity index (χ0n) is 10.6. The van der Waals surface area contributed by atoms with Crippen molar-refractivity contribution in [1.82, 2.24) is 4.72 Å². The van der Waals surface area contributed by atoms with Crippen LogP contribution in [-0.4, -0.2) is 33.1 Å². The average molecular weight is 288 g/mol. The number of carboxylic acid groups (broad SMARTS) is 1. The quantitative estimate of drug-likeness (QED) is 0.695. The van der Waals surface area contributed by atoms with Gasteiger partial charge in [0.1, 0.15) is 5.75 Å². The number of nitrogens with one attached hydrogen (secondary N) is 2. The van der Waals surface area contributed by atoms with Crippen LogP contribution in [0.1, 0.15) is 23.7 Å². The van der Waals surface area contributed by atoms with Crippen LogP contribution in [0.15, 0.2) is 18.2 Å². The third kappa shape index (κ3) is 4.42. The van der Waals surface area contributed by atoms with E-state index >= 15 is 0 Å². The van der Waals surface area contributed by atoms with Crippen LogP contribution in [0.2, 0.25) is 0 Å². The van der Waals surface area contributed by atoms with E-state index in [0.717, 1.165) is 0 Å². The molecule has 106 valence electrons. The minimum Gasteiger partial charge on any atom is -0.497 e. The number of methoxy groups -OCH3 is 1. The van der Waals surface area contributed by atoms with Crippen LogP contribution in [0.4, 0.5) is 5.69 Å². The van der Waals surface area contributed by atoms with E-state index in [1.54, 1.807) is 0 Å². The Labute approximate surface area is 111 Å². The van der Waals surface area contributed by atoms with Crippen molar-refractivity contribution < 1.29 is 23.1 Å². The molecule has 1 aromatic rings. The lowest BCUT2D eigenvalue weighted by Gasteiger charge is -2.12. The van der Waals surface area contributed by atoms with E-state index in [1.807, 2.05) is 6.92 Å². The fourth-order valence-corrected chi connectivity index (χ4v) is 2.34. The van der Waals surface area contributed by atoms with Crippen LogP contribution < -0.4 is 14.2 Å². The van der Waals surface area contributed by atoms with Gasteiger partial charge in [0.15, 0.2) is 0 Å². The SMILES string of the molecule is CCCNS(=O)(=O)Nc1cc(OC)ccc1C(=O)O. The van der Waals surface area contributed by atoms with E-state index < -0.39 is 16.2 Å². The Bertz CT molecular complexity index is 556. The Morgan fingerprint density at radius 2 is 2.11 bits per heavy atom. The van der Waals surface area contributed by atoms with Crippen molar-refractivity contribution in [2.24, 2.45) is 0 Å². The summed E-state index contributed by atoms with van der Waals surface area (Å²) in [4.78, 5) is 11.0. The summed E-state index contributed by atoms with van der Waals surface area (Å²) in [5.41, 5.74) is -0.196. The van der Waals surface area contributed by atoms with Crippen molar-refractivity contribution in [3.05, 3.63) is 23.8 Å². The Kier molecular flexibility index (Phi) is 5.13. The summed E-state index contributed by atoms with van der Waals surface area (Å²) in [6.07, 6.45) is 0.630. The number of aromatic carboxylic acids is 1. The zero-order valence-corrected chi connectivity index (χ0v) is 11.5. The number of rotatable bonds is 7. The molecule has 7 nitrogen and oxygen atoms in total. The van der Waals surface area contributed by atoms with Crippen molar-refractivity contribution in [3.8, 4) is 5.75 Å². The van der Waals surface area contributed by atoms with Crippen LogP contribution in [-0.2, 0) is 10.2 Å². The Morgan fingerprint density at radius 3 is 2.63 bits per heavy atom. The van der Waals surface area contributed by atoms with Crippen LogP contribution in [0.25, 0.3) is 0 Å². The first-order valence-electron chi connectivity index (χ1n) is 5.58. The predicted molar refractivity (Wildman–Crippen MR) is 70.8 cm³/mol. The highest BCUT2D eigenvalue weighted by Gasteiger charge is 2.16. The lowest BCUT2D eigenvalue weighted by molar-refractivity contribution is 0.0698. The number of carboxylic acids is 1. The van der Waals surface area contributed by atoms with Crippen LogP contribution in [0, 0.1) is 0 Å². The molecule has 0 aliphatic heterocycles. The van der Waals surface area contributed by atoms with Gasteiger partial charge in [-0.05, 0) is 18.6 Å². The molecule has 1 rings (SSSR count). The normalized spacial score (nSPS) is 11.1. The molecule has 8 heteroatoms. The Hall–Kier alpha value is -1.80. The first-order valence-corrected chi connectivity index (χ1v) is 7.06. The van der Waals surface area contributed by atoms with Gasteiger partial charge in [-0.1, -0.05) is 6.92 Å². The van der Waals surface area contributed by atoms with Gasteiger partial charge in [0.2, 0.25) is 0 Å². The molecule has 0 aromatic heterocycles. The molecule has 0 fully saturated rings. The highest BCUT2D eigenvalue weighted by Crippen LogP contribution is 2.23. The van der Waals surface area contributed by atoms with Gasteiger partial charge in [0.05, 0.1) is 18.4 Å². The van der Waals surface area contributed by atoms with Crippen LogP contribution in [0.3, 0.4) is 0 Å². The first kappa shape index (κ1) is 15.3. The van der Waals surface area contributed by atoms with Crippen molar-refractivity contribution in [1.29, 1.82) is 0 Å². The molecule has 0 saturated carbocycles. The summed E-state index contributed by atoms with van der Waals surface area (Å²) in [6.45, 7) is 2.08. The lowest BCUT2D eigenvalue weighted by Crippen LogP contribution is -2.31. The molecule has 1 aromatic carbocycles. The number of hydrogen-bond acceptors (Lipinski definition) is 4. The molecule has 0 aliphatic rings. The van der Waals surface area contributed by atoms with Gasteiger partial charge in [-0.25, -0.2) is 4.79 Å². The maximum Gasteiger partial charge on any atom is 0.337 e. The summed E-state index contributed by atoms with van der Waals surface area (Å²) in [5.74, 6) is -0.867. The standard InChI is InChI=1S/C11H16N2O5S/c1-3-6-12-19(16,17)13-10-7-8(18-2)4-5-9(10)11(14)15/h4-5,7,12-13H,3,6H2,1-2H3,(H,14,15). The Balaban J connectivity index is 3.07. The molecule has 0 heterocycles. The molecule has 0 unspecified atom stereocenters. The lowest BCUT2D eigenvalue weighted by atomic mass is 10.2. The van der Waals surface area contributed by atoms with E-state index in [9.17, 15) is 13.2 Å². The molecule has 0 spiro atoms. The molecule has 0 bridgehead atoms. The largest absolute Gasteiger partial charge is 0.497 e. The van der Waals surface area contributed by atoms with E-state index in [-0.39, 0.29) is 17.8 Å². The molecular formula is C11H16N2O5S. The number of ether oxygens (including phenoxy) is 1. The molecule has 0 amide bonds. The second-order valence-corrected chi connectivity index (χ2v) is 5.22. The van der Waals surface area contributed by atoms with E-state index in [2.05, 4.69) is 9.44 Å². The summed E-state index contributed by atoms with van der Waals surface area (Å²) in [6, 6.07) is 4.04. The summed E-state index contributed by atoms with van der Waals surface area (Å²) >= 11 is 0. The minimum atomic E-state index is -3.80. The van der Waals surface area contributed by atoms with Gasteiger partial charge in [0, 0.05) is 12.6 Å². The fraction of sp³-hybridized carbons (Fsp3) is 0.364. The van der Waals surface area contributed by atoms with Crippen molar-refractivity contribution >= 4 is 21.9 Å². The maximum atomic E-state index is 11.7. The zero-order chi connectivity index (χ0) is 14.5. The number of anilines is 1. The van der Waals surface area contributed by atoms with Gasteiger partial charge in [-0.15, -0.1) is 0 Å². The first-order chi connectivity index (χ1) is 8.89. The van der Waals surface area contributed by atoms with Crippen molar-refractivity contribution in [2.75, 3.05) is 18.4 Å². The molecule has 0 atom stereocenters. The van der Waals surface area contributed by atoms with Crippen LogP contribution in [0.5, 0.6) is 5.75 Å². The highest BCUT2D eigenvalue weighted by molar-refractivity contribution is 7.90. The molecular weight excluding hydrogens is 272 g/mol. The average Bonchev–Trinajstić information content (AvgIpc) is 2.35. The maximum absolute atomic E-state index is 11.7. The molecule has 0 aliphatic carbocycles. The highest BCUT2D eigenvalue weighted by atomic mass is 32.2. The monoisotopic (exact) mass is 288 g/mol. The summed E-state index contributed by atoms with van der Waals surface area (Å²) in [5, 5.41) is 9.01. The fourth-order valence-electron chi connectivity index (χ4n) is 1.34. The molecule has 3 N–H and O–H groups in total. The smallest absolute Gasteiger partial charge is 0.337 e. The Morgan fingerprint density at radius 1 is 1.42 bits per heavy atom. The molecule has 0 radical (unpaired) electrons. The van der Waals surface area contributed by atoms with Crippen molar-refractivity contribution in [3.63, 3.8) is 0 Å². The molecule has 0 saturated heterocycles. The van der Waals surface area contributed by atoms with Gasteiger partial charge in [0.25, 0.3) is 10.2 Å². The van der Waals surface area contributed by atoms with E-state index in [0.29, 0.717) is 12.2 Å². The van der Waals surface area contributed by atoms with E-state index in [1.165, 1.54) is 25.3 Å². The third-order valence-corrected chi connectivity index (χ3v) is 3.32. The number of benzene rings is 1. The van der Waals surface area contributed by atoms with Gasteiger partial charge < -0.3 is 9.84 Å².